The third-order valence-electron chi connectivity index (χ3n) is 4.42. The Morgan fingerprint density at radius 3 is 2.69 bits per heavy atom. The first-order valence-corrected chi connectivity index (χ1v) is 9.03. The van der Waals surface area contributed by atoms with E-state index in [2.05, 4.69) is 29.0 Å². The van der Waals surface area contributed by atoms with Crippen LogP contribution in [-0.2, 0) is 4.79 Å². The van der Waals surface area contributed by atoms with Gasteiger partial charge < -0.3 is 5.32 Å². The summed E-state index contributed by atoms with van der Waals surface area (Å²) in [5.74, 6) is -0.489. The lowest BCUT2D eigenvalue weighted by Crippen LogP contribution is -2.32. The summed E-state index contributed by atoms with van der Waals surface area (Å²) >= 11 is 1.43. The molecule has 0 saturated carbocycles. The number of aryl methyl sites for hydroxylation is 2. The van der Waals surface area contributed by atoms with Crippen LogP contribution >= 0.6 is 11.3 Å². The van der Waals surface area contributed by atoms with Crippen molar-refractivity contribution < 1.29 is 9.59 Å². The van der Waals surface area contributed by atoms with Gasteiger partial charge in [-0.15, -0.1) is 0 Å². The highest BCUT2D eigenvalue weighted by Gasteiger charge is 2.32. The molecule has 0 bridgehead atoms. The third kappa shape index (κ3) is 2.68. The van der Waals surface area contributed by atoms with Crippen LogP contribution in [0, 0.1) is 13.8 Å². The summed E-state index contributed by atoms with van der Waals surface area (Å²) < 4.78 is 1.03. The summed E-state index contributed by atoms with van der Waals surface area (Å²) in [6, 6.07) is 11.4. The van der Waals surface area contributed by atoms with Crippen LogP contribution in [0.2, 0.25) is 0 Å². The molecule has 130 valence electrons. The number of nitrogens with one attached hydrogen (secondary N) is 1. The molecule has 6 heteroatoms. The fraction of sp³-hybridized carbons (Fsp3) is 0.150. The van der Waals surface area contributed by atoms with E-state index in [0.717, 1.165) is 26.9 Å². The van der Waals surface area contributed by atoms with Gasteiger partial charge in [0.25, 0.3) is 5.91 Å². The van der Waals surface area contributed by atoms with Gasteiger partial charge in [-0.05, 0) is 37.1 Å². The van der Waals surface area contributed by atoms with Crippen LogP contribution in [0.25, 0.3) is 15.9 Å². The van der Waals surface area contributed by atoms with E-state index < -0.39 is 0 Å². The normalized spacial score (nSPS) is 13.4. The minimum Gasteiger partial charge on any atom is -0.300 e. The van der Waals surface area contributed by atoms with Gasteiger partial charge in [0.1, 0.15) is 6.54 Å². The average molecular weight is 363 g/mol. The second-order valence-electron chi connectivity index (χ2n) is 6.38. The summed E-state index contributed by atoms with van der Waals surface area (Å²) in [4.78, 5) is 30.9. The Labute approximate surface area is 155 Å². The van der Waals surface area contributed by atoms with Crippen molar-refractivity contribution in [3.63, 3.8) is 0 Å². The maximum absolute atomic E-state index is 12.5. The Bertz CT molecular complexity index is 1050. The SMILES string of the molecule is C=C1c2ccccc2C(=O)N1CC(=O)Nc1nc2c(C)cc(C)cc2s1. The van der Waals surface area contributed by atoms with Gasteiger partial charge in [0, 0.05) is 16.8 Å². The van der Waals surface area contributed by atoms with Gasteiger partial charge in [0.05, 0.1) is 10.2 Å². The Balaban J connectivity index is 1.52. The highest BCUT2D eigenvalue weighted by atomic mass is 32.1. The monoisotopic (exact) mass is 363 g/mol. The molecule has 2 amide bonds. The van der Waals surface area contributed by atoms with Crippen molar-refractivity contribution in [1.29, 1.82) is 0 Å². The number of rotatable bonds is 3. The Morgan fingerprint density at radius 1 is 1.23 bits per heavy atom. The van der Waals surface area contributed by atoms with Crippen LogP contribution in [0.3, 0.4) is 0 Å². The number of thiazole rings is 1. The summed E-state index contributed by atoms with van der Waals surface area (Å²) in [5.41, 5.74) is 5.04. The number of carbonyl (C=O) groups excluding carboxylic acids is 2. The number of benzene rings is 2. The van der Waals surface area contributed by atoms with E-state index in [4.69, 9.17) is 0 Å². The maximum Gasteiger partial charge on any atom is 0.259 e. The molecule has 5 nitrogen and oxygen atoms in total. The molecule has 0 saturated heterocycles. The van der Waals surface area contributed by atoms with E-state index in [0.29, 0.717) is 16.4 Å². The fourth-order valence-electron chi connectivity index (χ4n) is 3.23. The van der Waals surface area contributed by atoms with Gasteiger partial charge >= 0.3 is 0 Å². The summed E-state index contributed by atoms with van der Waals surface area (Å²) in [6.45, 7) is 7.91. The van der Waals surface area contributed by atoms with Crippen LogP contribution in [0.1, 0.15) is 27.0 Å². The molecule has 0 atom stereocenters. The van der Waals surface area contributed by atoms with Crippen LogP contribution in [0.5, 0.6) is 0 Å². The van der Waals surface area contributed by atoms with Gasteiger partial charge in [0.2, 0.25) is 5.91 Å². The summed E-state index contributed by atoms with van der Waals surface area (Å²) in [6.07, 6.45) is 0. The van der Waals surface area contributed by atoms with Gasteiger partial charge in [-0.3, -0.25) is 14.5 Å². The zero-order chi connectivity index (χ0) is 18.4. The van der Waals surface area contributed by atoms with E-state index in [1.165, 1.54) is 16.2 Å². The molecule has 3 aromatic rings. The molecule has 2 heterocycles. The van der Waals surface area contributed by atoms with Gasteiger partial charge in [0.15, 0.2) is 5.13 Å². The van der Waals surface area contributed by atoms with Crippen molar-refractivity contribution in [3.8, 4) is 0 Å². The molecule has 1 aliphatic heterocycles. The highest BCUT2D eigenvalue weighted by molar-refractivity contribution is 7.22. The number of anilines is 1. The van der Waals surface area contributed by atoms with E-state index in [1.54, 1.807) is 12.1 Å². The third-order valence-corrected chi connectivity index (χ3v) is 5.34. The van der Waals surface area contributed by atoms with Crippen molar-refractivity contribution in [1.82, 2.24) is 9.88 Å². The van der Waals surface area contributed by atoms with Crippen LogP contribution < -0.4 is 5.32 Å². The molecule has 1 N–H and O–H groups in total. The number of aromatic nitrogens is 1. The molecule has 0 spiro atoms. The Hall–Kier alpha value is -2.99. The van der Waals surface area contributed by atoms with E-state index in [1.807, 2.05) is 26.0 Å². The Kier molecular flexibility index (Phi) is 3.85. The number of hydrogen-bond donors (Lipinski definition) is 1. The molecule has 1 aromatic heterocycles. The largest absolute Gasteiger partial charge is 0.300 e. The van der Waals surface area contributed by atoms with Crippen LogP contribution in [0.15, 0.2) is 43.0 Å². The molecule has 2 aromatic carbocycles. The molecule has 0 aliphatic carbocycles. The molecule has 26 heavy (non-hydrogen) atoms. The molecular formula is C20H17N3O2S. The fourth-order valence-corrected chi connectivity index (χ4v) is 4.29. The lowest BCUT2D eigenvalue weighted by molar-refractivity contribution is -0.116. The second-order valence-corrected chi connectivity index (χ2v) is 7.41. The predicted octanol–water partition coefficient (Wildman–Crippen LogP) is 3.98. The first kappa shape index (κ1) is 16.5. The quantitative estimate of drug-likeness (QED) is 0.766. The van der Waals surface area contributed by atoms with E-state index >= 15 is 0 Å². The lowest BCUT2D eigenvalue weighted by atomic mass is 10.1. The molecule has 1 aliphatic rings. The van der Waals surface area contributed by atoms with Crippen molar-refractivity contribution in [2.45, 2.75) is 13.8 Å². The smallest absolute Gasteiger partial charge is 0.259 e. The first-order chi connectivity index (χ1) is 12.4. The molecular weight excluding hydrogens is 346 g/mol. The van der Waals surface area contributed by atoms with E-state index in [-0.39, 0.29) is 18.4 Å². The second kappa shape index (κ2) is 6.07. The average Bonchev–Trinajstić information content (AvgIpc) is 3.10. The minimum absolute atomic E-state index is 0.0831. The number of amides is 2. The number of nitrogens with zero attached hydrogens (tertiary/aromatic N) is 2. The minimum atomic E-state index is -0.291. The van der Waals surface area contributed by atoms with E-state index in [9.17, 15) is 9.59 Å². The van der Waals surface area contributed by atoms with Crippen molar-refractivity contribution in [3.05, 3.63) is 65.2 Å². The zero-order valence-electron chi connectivity index (χ0n) is 14.5. The molecule has 0 fully saturated rings. The maximum atomic E-state index is 12.5. The van der Waals surface area contributed by atoms with Gasteiger partial charge in [-0.1, -0.05) is 42.2 Å². The number of carbonyl (C=O) groups is 2. The zero-order valence-corrected chi connectivity index (χ0v) is 15.3. The van der Waals surface area contributed by atoms with Crippen LogP contribution in [0.4, 0.5) is 5.13 Å². The van der Waals surface area contributed by atoms with Crippen molar-refractivity contribution >= 4 is 44.2 Å². The van der Waals surface area contributed by atoms with Crippen LogP contribution in [-0.4, -0.2) is 28.2 Å². The molecule has 0 radical (unpaired) electrons. The number of fused-ring (bicyclic) bond motifs is 2. The number of hydrogen-bond acceptors (Lipinski definition) is 4. The molecule has 0 unspecified atom stereocenters. The van der Waals surface area contributed by atoms with Gasteiger partial charge in [-0.2, -0.15) is 0 Å². The van der Waals surface area contributed by atoms with Crippen molar-refractivity contribution in [2.24, 2.45) is 0 Å². The van der Waals surface area contributed by atoms with Gasteiger partial charge in [-0.25, -0.2) is 4.98 Å². The Morgan fingerprint density at radius 2 is 1.96 bits per heavy atom. The van der Waals surface area contributed by atoms with Crippen molar-refractivity contribution in [2.75, 3.05) is 11.9 Å². The standard InChI is InChI=1S/C20H17N3O2S/c1-11-8-12(2)18-16(9-11)26-20(22-18)21-17(24)10-23-13(3)14-6-4-5-7-15(14)19(23)25/h4-9H,3,10H2,1-2H3,(H,21,22,24). The predicted molar refractivity (Wildman–Crippen MR) is 104 cm³/mol. The molecule has 4 rings (SSSR count). The first-order valence-electron chi connectivity index (χ1n) is 8.22. The topological polar surface area (TPSA) is 62.3 Å². The lowest BCUT2D eigenvalue weighted by Gasteiger charge is -2.16. The highest BCUT2D eigenvalue weighted by Crippen LogP contribution is 2.32. The summed E-state index contributed by atoms with van der Waals surface area (Å²) in [5, 5.41) is 3.34. The summed E-state index contributed by atoms with van der Waals surface area (Å²) in [7, 11) is 0.